The lowest BCUT2D eigenvalue weighted by molar-refractivity contribution is 0.203. The normalized spacial score (nSPS) is 13.1. The number of benzene rings is 1. The van der Waals surface area contributed by atoms with E-state index in [0.29, 0.717) is 11.7 Å². The molecule has 0 heterocycles. The molecule has 0 aliphatic rings. The molecule has 0 amide bonds. The number of halogens is 1. The van der Waals surface area contributed by atoms with Crippen molar-refractivity contribution in [3.05, 3.63) is 35.1 Å². The molecule has 0 radical (unpaired) electrons. The van der Waals surface area contributed by atoms with E-state index in [4.69, 9.17) is 0 Å². The van der Waals surface area contributed by atoms with Crippen LogP contribution in [0.5, 0.6) is 0 Å². The lowest BCUT2D eigenvalue weighted by Crippen LogP contribution is -2.05. The smallest absolute Gasteiger partial charge is 0.123 e. The molecule has 1 rings (SSSR count). The van der Waals surface area contributed by atoms with Gasteiger partial charge in [-0.25, -0.2) is 4.39 Å². The van der Waals surface area contributed by atoms with E-state index in [1.807, 2.05) is 6.92 Å². The SMILES string of the molecule is Cc1cc(F)ccc1C(O)CSCC(C)C. The topological polar surface area (TPSA) is 20.2 Å². The molecule has 1 aromatic rings. The number of hydrogen-bond donors (Lipinski definition) is 1. The van der Waals surface area contributed by atoms with Crippen LogP contribution in [-0.4, -0.2) is 16.6 Å². The molecule has 0 saturated carbocycles. The Morgan fingerprint density at radius 1 is 1.31 bits per heavy atom. The van der Waals surface area contributed by atoms with Gasteiger partial charge in [0.1, 0.15) is 5.82 Å². The summed E-state index contributed by atoms with van der Waals surface area (Å²) >= 11 is 1.73. The van der Waals surface area contributed by atoms with E-state index in [1.165, 1.54) is 12.1 Å². The van der Waals surface area contributed by atoms with Gasteiger partial charge in [-0.3, -0.25) is 0 Å². The highest BCUT2D eigenvalue weighted by atomic mass is 32.2. The molecule has 16 heavy (non-hydrogen) atoms. The zero-order valence-corrected chi connectivity index (χ0v) is 10.9. The molecule has 0 aromatic heterocycles. The molecule has 0 aliphatic heterocycles. The van der Waals surface area contributed by atoms with Crippen LogP contribution in [-0.2, 0) is 0 Å². The van der Waals surface area contributed by atoms with Crippen LogP contribution >= 0.6 is 11.8 Å². The summed E-state index contributed by atoms with van der Waals surface area (Å²) in [7, 11) is 0. The van der Waals surface area contributed by atoms with Gasteiger partial charge in [0, 0.05) is 5.75 Å². The van der Waals surface area contributed by atoms with E-state index in [-0.39, 0.29) is 5.82 Å². The quantitative estimate of drug-likeness (QED) is 0.852. The standard InChI is InChI=1S/C13H19FOS/c1-9(2)7-16-8-13(15)12-5-4-11(14)6-10(12)3/h4-6,9,13,15H,7-8H2,1-3H3. The average molecular weight is 242 g/mol. The number of rotatable bonds is 5. The van der Waals surface area contributed by atoms with Crippen LogP contribution in [0.25, 0.3) is 0 Å². The molecule has 1 aromatic carbocycles. The first-order valence-corrected chi connectivity index (χ1v) is 6.68. The van der Waals surface area contributed by atoms with Crippen molar-refractivity contribution in [1.82, 2.24) is 0 Å². The van der Waals surface area contributed by atoms with Crippen molar-refractivity contribution in [1.29, 1.82) is 0 Å². The summed E-state index contributed by atoms with van der Waals surface area (Å²) in [6.45, 7) is 6.14. The predicted molar refractivity (Wildman–Crippen MR) is 68.3 cm³/mol. The van der Waals surface area contributed by atoms with E-state index < -0.39 is 6.10 Å². The minimum absolute atomic E-state index is 0.247. The maximum Gasteiger partial charge on any atom is 0.123 e. The van der Waals surface area contributed by atoms with Crippen molar-refractivity contribution in [3.63, 3.8) is 0 Å². The van der Waals surface area contributed by atoms with Gasteiger partial charge in [-0.2, -0.15) is 11.8 Å². The highest BCUT2D eigenvalue weighted by Crippen LogP contribution is 2.23. The minimum Gasteiger partial charge on any atom is -0.388 e. The first-order chi connectivity index (χ1) is 7.50. The van der Waals surface area contributed by atoms with E-state index in [2.05, 4.69) is 13.8 Å². The largest absolute Gasteiger partial charge is 0.388 e. The monoisotopic (exact) mass is 242 g/mol. The van der Waals surface area contributed by atoms with Crippen molar-refractivity contribution < 1.29 is 9.50 Å². The van der Waals surface area contributed by atoms with Crippen molar-refractivity contribution in [2.45, 2.75) is 26.9 Å². The van der Waals surface area contributed by atoms with Gasteiger partial charge in [0.15, 0.2) is 0 Å². The molecule has 0 saturated heterocycles. The van der Waals surface area contributed by atoms with Crippen LogP contribution in [0.1, 0.15) is 31.1 Å². The lowest BCUT2D eigenvalue weighted by Gasteiger charge is -2.14. The molecule has 0 bridgehead atoms. The molecular weight excluding hydrogens is 223 g/mol. The van der Waals surface area contributed by atoms with Crippen LogP contribution in [0.2, 0.25) is 0 Å². The molecule has 1 atom stereocenters. The van der Waals surface area contributed by atoms with Crippen molar-refractivity contribution >= 4 is 11.8 Å². The number of aliphatic hydroxyl groups excluding tert-OH is 1. The third-order valence-electron chi connectivity index (χ3n) is 2.32. The van der Waals surface area contributed by atoms with Gasteiger partial charge in [0.25, 0.3) is 0 Å². The Morgan fingerprint density at radius 2 is 2.00 bits per heavy atom. The molecule has 1 unspecified atom stereocenters. The van der Waals surface area contributed by atoms with Gasteiger partial charge in [0.2, 0.25) is 0 Å². The zero-order chi connectivity index (χ0) is 12.1. The van der Waals surface area contributed by atoms with Crippen LogP contribution in [0, 0.1) is 18.7 Å². The Hall–Kier alpha value is -0.540. The maximum absolute atomic E-state index is 12.9. The number of hydrogen-bond acceptors (Lipinski definition) is 2. The van der Waals surface area contributed by atoms with Crippen molar-refractivity contribution in [3.8, 4) is 0 Å². The van der Waals surface area contributed by atoms with Gasteiger partial charge >= 0.3 is 0 Å². The molecule has 90 valence electrons. The summed E-state index contributed by atoms with van der Waals surface area (Å²) in [5.41, 5.74) is 1.65. The third kappa shape index (κ3) is 4.14. The van der Waals surface area contributed by atoms with E-state index in [1.54, 1.807) is 17.8 Å². The number of aryl methyl sites for hydroxylation is 1. The average Bonchev–Trinajstić information content (AvgIpc) is 2.16. The van der Waals surface area contributed by atoms with Gasteiger partial charge in [0.05, 0.1) is 6.10 Å². The summed E-state index contributed by atoms with van der Waals surface area (Å²) < 4.78 is 12.9. The highest BCUT2D eigenvalue weighted by molar-refractivity contribution is 7.99. The van der Waals surface area contributed by atoms with E-state index in [0.717, 1.165) is 16.9 Å². The van der Waals surface area contributed by atoms with Crippen LogP contribution in [0.15, 0.2) is 18.2 Å². The Kier molecular flexibility index (Phi) is 5.29. The second-order valence-corrected chi connectivity index (χ2v) is 5.52. The van der Waals surface area contributed by atoms with E-state index >= 15 is 0 Å². The summed E-state index contributed by atoms with van der Waals surface area (Å²) in [6, 6.07) is 4.54. The second-order valence-electron chi connectivity index (χ2n) is 4.45. The molecule has 3 heteroatoms. The lowest BCUT2D eigenvalue weighted by atomic mass is 10.0. The fourth-order valence-electron chi connectivity index (χ4n) is 1.52. The Balaban J connectivity index is 2.55. The van der Waals surface area contributed by atoms with Crippen LogP contribution < -0.4 is 0 Å². The molecule has 1 nitrogen and oxygen atoms in total. The molecule has 0 spiro atoms. The fourth-order valence-corrected chi connectivity index (χ4v) is 2.53. The fraction of sp³-hybridized carbons (Fsp3) is 0.538. The number of thioether (sulfide) groups is 1. The maximum atomic E-state index is 12.9. The Morgan fingerprint density at radius 3 is 2.56 bits per heavy atom. The molecular formula is C13H19FOS. The molecule has 1 N–H and O–H groups in total. The van der Waals surface area contributed by atoms with Gasteiger partial charge < -0.3 is 5.11 Å². The van der Waals surface area contributed by atoms with Gasteiger partial charge in [-0.15, -0.1) is 0 Å². The van der Waals surface area contributed by atoms with Crippen LogP contribution in [0.4, 0.5) is 4.39 Å². The minimum atomic E-state index is -0.496. The zero-order valence-electron chi connectivity index (χ0n) is 10.0. The summed E-state index contributed by atoms with van der Waals surface area (Å²) in [5.74, 6) is 2.09. The first kappa shape index (κ1) is 13.5. The van der Waals surface area contributed by atoms with Crippen molar-refractivity contribution in [2.75, 3.05) is 11.5 Å². The van der Waals surface area contributed by atoms with Crippen LogP contribution in [0.3, 0.4) is 0 Å². The first-order valence-electron chi connectivity index (χ1n) is 5.52. The second kappa shape index (κ2) is 6.26. The molecule has 0 fully saturated rings. The van der Waals surface area contributed by atoms with Gasteiger partial charge in [-0.05, 0) is 41.9 Å². The Labute approximate surface area is 101 Å². The number of aliphatic hydroxyl groups is 1. The third-order valence-corrected chi connectivity index (χ3v) is 3.77. The predicted octanol–water partition coefficient (Wildman–Crippen LogP) is 3.56. The molecule has 0 aliphatic carbocycles. The summed E-state index contributed by atoms with van der Waals surface area (Å²) in [6.07, 6.45) is -0.496. The van der Waals surface area contributed by atoms with Crippen molar-refractivity contribution in [2.24, 2.45) is 5.92 Å². The highest BCUT2D eigenvalue weighted by Gasteiger charge is 2.11. The summed E-state index contributed by atoms with van der Waals surface area (Å²) in [4.78, 5) is 0. The summed E-state index contributed by atoms with van der Waals surface area (Å²) in [5, 5.41) is 9.96. The van der Waals surface area contributed by atoms with E-state index in [9.17, 15) is 9.50 Å². The van der Waals surface area contributed by atoms with Gasteiger partial charge in [-0.1, -0.05) is 19.9 Å². The Bertz CT molecular complexity index is 339.